The van der Waals surface area contributed by atoms with Crippen LogP contribution in [0.1, 0.15) is 41.9 Å². The number of carbonyl (C=O) groups excluding carboxylic acids is 1. The van der Waals surface area contributed by atoms with Gasteiger partial charge in [0.15, 0.2) is 0 Å². The van der Waals surface area contributed by atoms with Crippen LogP contribution >= 0.6 is 0 Å². The molecular formula is C18H25N5O2. The number of ether oxygens (including phenoxy) is 1. The molecule has 1 unspecified atom stereocenters. The summed E-state index contributed by atoms with van der Waals surface area (Å²) in [7, 11) is 0. The number of hydrogen-bond acceptors (Lipinski definition) is 5. The number of amides is 1. The monoisotopic (exact) mass is 343 g/mol. The average molecular weight is 343 g/mol. The summed E-state index contributed by atoms with van der Waals surface area (Å²) >= 11 is 0. The Hall–Kier alpha value is -2.44. The van der Waals surface area contributed by atoms with E-state index in [1.807, 2.05) is 37.8 Å². The van der Waals surface area contributed by atoms with E-state index in [-0.39, 0.29) is 12.0 Å². The van der Waals surface area contributed by atoms with Gasteiger partial charge in [-0.25, -0.2) is 0 Å². The lowest BCUT2D eigenvalue weighted by molar-refractivity contribution is -0.133. The second-order valence-corrected chi connectivity index (χ2v) is 6.65. The lowest BCUT2D eigenvalue weighted by Gasteiger charge is -2.32. The van der Waals surface area contributed by atoms with Gasteiger partial charge in [0, 0.05) is 24.7 Å². The van der Waals surface area contributed by atoms with Crippen LogP contribution < -0.4 is 4.74 Å². The Kier molecular flexibility index (Phi) is 5.31. The third-order valence-corrected chi connectivity index (χ3v) is 4.66. The van der Waals surface area contributed by atoms with Gasteiger partial charge in [0.05, 0.1) is 17.9 Å². The van der Waals surface area contributed by atoms with Gasteiger partial charge < -0.3 is 9.64 Å². The van der Waals surface area contributed by atoms with Crippen LogP contribution in [0.4, 0.5) is 0 Å². The molecule has 3 rings (SSSR count). The van der Waals surface area contributed by atoms with Crippen LogP contribution in [0.2, 0.25) is 0 Å². The molecule has 0 radical (unpaired) electrons. The Bertz CT molecular complexity index is 706. The number of aryl methyl sites for hydroxylation is 3. The fourth-order valence-electron chi connectivity index (χ4n) is 3.21. The predicted octanol–water partition coefficient (Wildman–Crippen LogP) is 2.13. The van der Waals surface area contributed by atoms with E-state index in [4.69, 9.17) is 4.74 Å². The fraction of sp³-hybridized carbons (Fsp3) is 0.556. The predicted molar refractivity (Wildman–Crippen MR) is 93.4 cm³/mol. The molecule has 1 amide bonds. The van der Waals surface area contributed by atoms with Gasteiger partial charge in [-0.1, -0.05) is 0 Å². The second kappa shape index (κ2) is 7.63. The van der Waals surface area contributed by atoms with Crippen LogP contribution in [-0.4, -0.2) is 50.4 Å². The summed E-state index contributed by atoms with van der Waals surface area (Å²) in [6.45, 7) is 7.25. The van der Waals surface area contributed by atoms with Crippen LogP contribution in [0.5, 0.6) is 5.88 Å². The maximum atomic E-state index is 12.6. The number of nitrogens with one attached hydrogen (secondary N) is 1. The summed E-state index contributed by atoms with van der Waals surface area (Å²) in [5.41, 5.74) is 4.02. The van der Waals surface area contributed by atoms with Crippen molar-refractivity contribution >= 4 is 5.91 Å². The molecular weight excluding hydrogens is 318 g/mol. The number of aromatic nitrogens is 4. The van der Waals surface area contributed by atoms with Gasteiger partial charge in [0.25, 0.3) is 0 Å². The number of nitrogens with zero attached hydrogens (tertiary/aromatic N) is 4. The summed E-state index contributed by atoms with van der Waals surface area (Å²) in [5.74, 6) is 0.692. The topological polar surface area (TPSA) is 84.0 Å². The molecule has 1 atom stereocenters. The summed E-state index contributed by atoms with van der Waals surface area (Å²) in [5, 5.41) is 15.2. The fourth-order valence-corrected chi connectivity index (χ4v) is 3.21. The summed E-state index contributed by atoms with van der Waals surface area (Å²) in [4.78, 5) is 14.5. The first kappa shape index (κ1) is 17.4. The molecule has 0 spiro atoms. The molecule has 0 aliphatic carbocycles. The molecule has 0 aromatic carbocycles. The largest absolute Gasteiger partial charge is 0.471 e. The molecule has 2 aromatic rings. The highest BCUT2D eigenvalue weighted by Gasteiger charge is 2.25. The normalized spacial score (nSPS) is 17.6. The average Bonchev–Trinajstić information content (AvgIpc) is 2.93. The number of H-pyrrole nitrogens is 1. The number of aromatic amines is 1. The summed E-state index contributed by atoms with van der Waals surface area (Å²) < 4.78 is 5.90. The smallest absolute Gasteiger partial charge is 0.233 e. The molecule has 1 saturated heterocycles. The SMILES string of the molecule is Cc1ccc(OC2CCCN(C(=O)CCc3c(C)n[nH]c3C)C2)nn1. The van der Waals surface area contributed by atoms with Crippen molar-refractivity contribution in [3.63, 3.8) is 0 Å². The van der Waals surface area contributed by atoms with Crippen LogP contribution in [-0.2, 0) is 11.2 Å². The van der Waals surface area contributed by atoms with E-state index >= 15 is 0 Å². The number of rotatable bonds is 5. The summed E-state index contributed by atoms with van der Waals surface area (Å²) in [6.07, 6.45) is 3.07. The van der Waals surface area contributed by atoms with E-state index in [2.05, 4.69) is 20.4 Å². The van der Waals surface area contributed by atoms with Crippen molar-refractivity contribution in [3.05, 3.63) is 34.8 Å². The Morgan fingerprint density at radius 3 is 2.84 bits per heavy atom. The highest BCUT2D eigenvalue weighted by molar-refractivity contribution is 5.76. The lowest BCUT2D eigenvalue weighted by Crippen LogP contribution is -2.44. The third kappa shape index (κ3) is 4.35. The molecule has 1 N–H and O–H groups in total. The number of hydrogen-bond donors (Lipinski definition) is 1. The molecule has 1 fully saturated rings. The lowest BCUT2D eigenvalue weighted by atomic mass is 10.0. The maximum absolute atomic E-state index is 12.6. The van der Waals surface area contributed by atoms with Crippen LogP contribution in [0.3, 0.4) is 0 Å². The second-order valence-electron chi connectivity index (χ2n) is 6.65. The van der Waals surface area contributed by atoms with Crippen molar-refractivity contribution < 1.29 is 9.53 Å². The molecule has 7 heteroatoms. The van der Waals surface area contributed by atoms with Crippen molar-refractivity contribution in [2.45, 2.75) is 52.6 Å². The number of piperidine rings is 1. The van der Waals surface area contributed by atoms with Crippen molar-refractivity contribution in [2.24, 2.45) is 0 Å². The zero-order valence-electron chi connectivity index (χ0n) is 15.1. The van der Waals surface area contributed by atoms with Gasteiger partial charge >= 0.3 is 0 Å². The Morgan fingerprint density at radius 2 is 2.16 bits per heavy atom. The van der Waals surface area contributed by atoms with Crippen molar-refractivity contribution in [1.29, 1.82) is 0 Å². The maximum Gasteiger partial charge on any atom is 0.233 e. The molecule has 1 aliphatic rings. The molecule has 25 heavy (non-hydrogen) atoms. The minimum Gasteiger partial charge on any atom is -0.471 e. The molecule has 1 aliphatic heterocycles. The standard InChI is InChI=1S/C18H25N5O2/c1-12-6-8-17(22-19-12)25-15-5-4-10-23(11-15)18(24)9-7-16-13(2)20-21-14(16)3/h6,8,15H,4-5,7,9-11H2,1-3H3,(H,20,21). The quantitative estimate of drug-likeness (QED) is 0.899. The van der Waals surface area contributed by atoms with Gasteiger partial charge in [0.1, 0.15) is 6.10 Å². The first-order valence-electron chi connectivity index (χ1n) is 8.78. The van der Waals surface area contributed by atoms with Crippen LogP contribution in [0.15, 0.2) is 12.1 Å². The van der Waals surface area contributed by atoms with Crippen molar-refractivity contribution in [3.8, 4) is 5.88 Å². The molecule has 0 bridgehead atoms. The van der Waals surface area contributed by atoms with E-state index in [9.17, 15) is 4.79 Å². The van der Waals surface area contributed by atoms with Gasteiger partial charge in [-0.2, -0.15) is 10.2 Å². The zero-order valence-corrected chi connectivity index (χ0v) is 15.1. The Morgan fingerprint density at radius 1 is 1.32 bits per heavy atom. The molecule has 3 heterocycles. The minimum atomic E-state index is -0.0212. The molecule has 0 saturated carbocycles. The van der Waals surface area contributed by atoms with Gasteiger partial charge in [-0.3, -0.25) is 9.89 Å². The van der Waals surface area contributed by atoms with Crippen molar-refractivity contribution in [1.82, 2.24) is 25.3 Å². The third-order valence-electron chi connectivity index (χ3n) is 4.66. The van der Waals surface area contributed by atoms with E-state index in [1.54, 1.807) is 0 Å². The first-order chi connectivity index (χ1) is 12.0. The minimum absolute atomic E-state index is 0.0212. The Labute approximate surface area is 147 Å². The number of likely N-dealkylation sites (tertiary alicyclic amines) is 1. The van der Waals surface area contributed by atoms with Gasteiger partial charge in [-0.15, -0.1) is 5.10 Å². The molecule has 2 aromatic heterocycles. The highest BCUT2D eigenvalue weighted by Crippen LogP contribution is 2.18. The molecule has 134 valence electrons. The zero-order chi connectivity index (χ0) is 17.8. The van der Waals surface area contributed by atoms with E-state index in [0.29, 0.717) is 18.8 Å². The number of carbonyl (C=O) groups is 1. The van der Waals surface area contributed by atoms with Crippen molar-refractivity contribution in [2.75, 3.05) is 13.1 Å². The first-order valence-corrected chi connectivity index (χ1v) is 8.78. The van der Waals surface area contributed by atoms with E-state index in [1.165, 1.54) is 0 Å². The van der Waals surface area contributed by atoms with E-state index < -0.39 is 0 Å². The molecule has 7 nitrogen and oxygen atoms in total. The summed E-state index contributed by atoms with van der Waals surface area (Å²) in [6, 6.07) is 3.71. The van der Waals surface area contributed by atoms with Gasteiger partial charge in [-0.05, 0) is 51.7 Å². The highest BCUT2D eigenvalue weighted by atomic mass is 16.5. The van der Waals surface area contributed by atoms with Gasteiger partial charge in [0.2, 0.25) is 11.8 Å². The van der Waals surface area contributed by atoms with Crippen LogP contribution in [0.25, 0.3) is 0 Å². The van der Waals surface area contributed by atoms with Crippen LogP contribution in [0, 0.1) is 20.8 Å². The Balaban J connectivity index is 1.53. The van der Waals surface area contributed by atoms with E-state index in [0.717, 1.165) is 48.5 Å².